The number of amides is 1. The van der Waals surface area contributed by atoms with Gasteiger partial charge < -0.3 is 14.6 Å². The second kappa shape index (κ2) is 9.71. The summed E-state index contributed by atoms with van der Waals surface area (Å²) in [7, 11) is -2.76. The van der Waals surface area contributed by atoms with Gasteiger partial charge in [0.15, 0.2) is 0 Å². The Kier molecular flexibility index (Phi) is 6.70. The van der Waals surface area contributed by atoms with Crippen LogP contribution in [0.5, 0.6) is 5.75 Å². The maximum atomic E-state index is 13.4. The molecule has 1 aromatic heterocycles. The molecular formula is C26H23FN2O5S. The predicted molar refractivity (Wildman–Crippen MR) is 131 cm³/mol. The van der Waals surface area contributed by atoms with E-state index in [1.807, 2.05) is 13.0 Å². The molecule has 35 heavy (non-hydrogen) atoms. The molecule has 1 N–H and O–H groups in total. The number of pyridine rings is 1. The van der Waals surface area contributed by atoms with Crippen molar-refractivity contribution in [3.05, 3.63) is 94.5 Å². The van der Waals surface area contributed by atoms with E-state index in [0.29, 0.717) is 23.4 Å². The zero-order chi connectivity index (χ0) is 25.2. The molecule has 0 fully saturated rings. The second-order valence-corrected chi connectivity index (χ2v) is 9.81. The quantitative estimate of drug-likeness (QED) is 0.389. The van der Waals surface area contributed by atoms with Crippen LogP contribution < -0.4 is 15.5 Å². The molecule has 0 saturated heterocycles. The van der Waals surface area contributed by atoms with Gasteiger partial charge in [0.2, 0.25) is 21.2 Å². The summed E-state index contributed by atoms with van der Waals surface area (Å²) in [6, 6.07) is 16.2. The summed E-state index contributed by atoms with van der Waals surface area (Å²) in [4.78, 5) is 25.5. The highest BCUT2D eigenvalue weighted by atomic mass is 32.2. The number of fused-ring (bicyclic) bond motifs is 1. The van der Waals surface area contributed by atoms with E-state index >= 15 is 0 Å². The number of anilines is 1. The first-order chi connectivity index (χ1) is 16.7. The number of methoxy groups -OCH3 is 1. The van der Waals surface area contributed by atoms with Gasteiger partial charge in [0.05, 0.1) is 17.5 Å². The number of nitrogens with one attached hydrogen (secondary N) is 1. The molecule has 0 aliphatic carbocycles. The Balaban J connectivity index is 1.81. The lowest BCUT2D eigenvalue weighted by atomic mass is 10.1. The zero-order valence-electron chi connectivity index (χ0n) is 19.1. The monoisotopic (exact) mass is 494 g/mol. The minimum Gasteiger partial charge on any atom is -0.497 e. The van der Waals surface area contributed by atoms with Gasteiger partial charge in [-0.2, -0.15) is 0 Å². The van der Waals surface area contributed by atoms with Crippen LogP contribution in [0.25, 0.3) is 10.9 Å². The largest absolute Gasteiger partial charge is 0.497 e. The van der Waals surface area contributed by atoms with Crippen molar-refractivity contribution in [1.29, 1.82) is 0 Å². The lowest BCUT2D eigenvalue weighted by Crippen LogP contribution is -2.24. The van der Waals surface area contributed by atoms with Gasteiger partial charge in [-0.05, 0) is 60.5 Å². The molecule has 1 amide bonds. The third kappa shape index (κ3) is 4.95. The third-order valence-corrected chi connectivity index (χ3v) is 7.36. The van der Waals surface area contributed by atoms with E-state index in [2.05, 4.69) is 5.32 Å². The van der Waals surface area contributed by atoms with Crippen molar-refractivity contribution in [2.24, 2.45) is 0 Å². The van der Waals surface area contributed by atoms with Gasteiger partial charge in [-0.25, -0.2) is 12.8 Å². The molecule has 0 atom stereocenters. The molecule has 0 spiro atoms. The van der Waals surface area contributed by atoms with Crippen molar-refractivity contribution in [2.45, 2.75) is 29.7 Å². The first kappa shape index (κ1) is 24.2. The number of hydrogen-bond acceptors (Lipinski definition) is 5. The molecule has 0 bridgehead atoms. The first-order valence-corrected chi connectivity index (χ1v) is 12.3. The summed E-state index contributed by atoms with van der Waals surface area (Å²) in [6.45, 7) is 1.67. The van der Waals surface area contributed by atoms with Gasteiger partial charge >= 0.3 is 0 Å². The van der Waals surface area contributed by atoms with E-state index in [-0.39, 0.29) is 16.8 Å². The molecule has 4 rings (SSSR count). The fourth-order valence-electron chi connectivity index (χ4n) is 3.76. The molecular weight excluding hydrogens is 471 g/mol. The van der Waals surface area contributed by atoms with Crippen LogP contribution in [-0.4, -0.2) is 26.0 Å². The molecule has 3 aromatic carbocycles. The molecule has 0 unspecified atom stereocenters. The molecule has 0 aliphatic heterocycles. The Labute approximate surface area is 201 Å². The van der Waals surface area contributed by atoms with E-state index in [1.165, 1.54) is 17.9 Å². The van der Waals surface area contributed by atoms with Gasteiger partial charge in [0.25, 0.3) is 0 Å². The summed E-state index contributed by atoms with van der Waals surface area (Å²) < 4.78 is 46.6. The topological polar surface area (TPSA) is 94.5 Å². The molecule has 4 aromatic rings. The fraction of sp³-hybridized carbons (Fsp3) is 0.154. The number of halogens is 1. The highest BCUT2D eigenvalue weighted by molar-refractivity contribution is 7.91. The van der Waals surface area contributed by atoms with Crippen molar-refractivity contribution >= 4 is 32.3 Å². The Morgan fingerprint density at radius 2 is 1.80 bits per heavy atom. The number of ether oxygens (including phenoxy) is 1. The summed E-state index contributed by atoms with van der Waals surface area (Å²) in [5.74, 6) is -0.453. The standard InChI is InChI=1S/C26H23FN2O5S/c1-3-17-7-12-23-22(13-17)26(31)24(35(32,33)21-10-8-18(27)9-11-21)15-29(23)16-25(30)28-19-5-4-6-20(14-19)34-2/h4-15H,3,16H2,1-2H3,(H,28,30). The van der Waals surface area contributed by atoms with Gasteiger partial charge in [0, 0.05) is 23.3 Å². The zero-order valence-corrected chi connectivity index (χ0v) is 19.9. The highest BCUT2D eigenvalue weighted by Crippen LogP contribution is 2.23. The number of nitrogens with zero attached hydrogens (tertiary/aromatic N) is 1. The maximum Gasteiger partial charge on any atom is 0.244 e. The molecule has 0 aliphatic rings. The van der Waals surface area contributed by atoms with Crippen molar-refractivity contribution in [2.75, 3.05) is 12.4 Å². The average Bonchev–Trinajstić information content (AvgIpc) is 2.85. The predicted octanol–water partition coefficient (Wildman–Crippen LogP) is 4.18. The van der Waals surface area contributed by atoms with Gasteiger partial charge in [-0.15, -0.1) is 0 Å². The van der Waals surface area contributed by atoms with Crippen LogP contribution >= 0.6 is 0 Å². The van der Waals surface area contributed by atoms with E-state index in [0.717, 1.165) is 29.8 Å². The van der Waals surface area contributed by atoms with Gasteiger partial charge in [-0.3, -0.25) is 9.59 Å². The highest BCUT2D eigenvalue weighted by Gasteiger charge is 2.24. The number of carbonyl (C=O) groups is 1. The molecule has 9 heteroatoms. The van der Waals surface area contributed by atoms with Crippen LogP contribution in [0.4, 0.5) is 10.1 Å². The second-order valence-electron chi connectivity index (χ2n) is 7.89. The number of hydrogen-bond donors (Lipinski definition) is 1. The van der Waals surface area contributed by atoms with Crippen LogP contribution in [0, 0.1) is 5.82 Å². The van der Waals surface area contributed by atoms with Crippen molar-refractivity contribution in [3.8, 4) is 5.75 Å². The Hall–Kier alpha value is -3.98. The number of carbonyl (C=O) groups excluding carboxylic acids is 1. The van der Waals surface area contributed by atoms with E-state index < -0.39 is 31.9 Å². The van der Waals surface area contributed by atoms with Crippen molar-refractivity contribution in [1.82, 2.24) is 4.57 Å². The summed E-state index contributed by atoms with van der Waals surface area (Å²) >= 11 is 0. The van der Waals surface area contributed by atoms with E-state index in [4.69, 9.17) is 4.74 Å². The van der Waals surface area contributed by atoms with Gasteiger partial charge in [0.1, 0.15) is 23.0 Å². The van der Waals surface area contributed by atoms with E-state index in [1.54, 1.807) is 36.4 Å². The summed E-state index contributed by atoms with van der Waals surface area (Å²) in [5.41, 5.74) is 1.10. The van der Waals surface area contributed by atoms with Gasteiger partial charge in [-0.1, -0.05) is 19.1 Å². The molecule has 0 saturated carbocycles. The Morgan fingerprint density at radius 1 is 1.06 bits per heavy atom. The summed E-state index contributed by atoms with van der Waals surface area (Å²) in [5, 5.41) is 2.94. The fourth-order valence-corrected chi connectivity index (χ4v) is 5.13. The van der Waals surface area contributed by atoms with Crippen molar-refractivity contribution < 1.29 is 22.3 Å². The molecule has 0 radical (unpaired) electrons. The number of benzene rings is 3. The van der Waals surface area contributed by atoms with Crippen molar-refractivity contribution in [3.63, 3.8) is 0 Å². The SMILES string of the molecule is CCc1ccc2c(c1)c(=O)c(S(=O)(=O)c1ccc(F)cc1)cn2CC(=O)Nc1cccc(OC)c1. The Morgan fingerprint density at radius 3 is 2.49 bits per heavy atom. The number of aromatic nitrogens is 1. The maximum absolute atomic E-state index is 13.4. The number of sulfone groups is 1. The van der Waals surface area contributed by atoms with Crippen LogP contribution in [0.1, 0.15) is 12.5 Å². The minimum absolute atomic E-state index is 0.182. The average molecular weight is 495 g/mol. The molecule has 7 nitrogen and oxygen atoms in total. The number of rotatable bonds is 7. The molecule has 180 valence electrons. The minimum atomic E-state index is -4.27. The van der Waals surface area contributed by atoms with Crippen LogP contribution in [-0.2, 0) is 27.6 Å². The van der Waals surface area contributed by atoms with Crippen LogP contribution in [0.15, 0.2) is 87.5 Å². The smallest absolute Gasteiger partial charge is 0.244 e. The lowest BCUT2D eigenvalue weighted by Gasteiger charge is -2.15. The lowest BCUT2D eigenvalue weighted by molar-refractivity contribution is -0.116. The Bertz CT molecular complexity index is 1580. The third-order valence-electron chi connectivity index (χ3n) is 5.60. The van der Waals surface area contributed by atoms with Crippen LogP contribution in [0.3, 0.4) is 0 Å². The first-order valence-electron chi connectivity index (χ1n) is 10.8. The molecule has 1 heterocycles. The summed E-state index contributed by atoms with van der Waals surface area (Å²) in [6.07, 6.45) is 1.81. The number of aryl methyl sites for hydroxylation is 1. The normalized spacial score (nSPS) is 11.4. The van der Waals surface area contributed by atoms with Crippen LogP contribution in [0.2, 0.25) is 0 Å². The van der Waals surface area contributed by atoms with E-state index in [9.17, 15) is 22.4 Å².